The Morgan fingerprint density at radius 1 is 1.19 bits per heavy atom. The van der Waals surface area contributed by atoms with Crippen LogP contribution < -0.4 is 10.1 Å². The van der Waals surface area contributed by atoms with Crippen molar-refractivity contribution in [1.82, 2.24) is 5.32 Å². The number of ether oxygens (including phenoxy) is 1. The van der Waals surface area contributed by atoms with Gasteiger partial charge in [-0.05, 0) is 48.4 Å². The van der Waals surface area contributed by atoms with E-state index in [0.29, 0.717) is 18.7 Å². The summed E-state index contributed by atoms with van der Waals surface area (Å²) in [7, 11) is 0. The lowest BCUT2D eigenvalue weighted by molar-refractivity contribution is -0.123. The van der Waals surface area contributed by atoms with Crippen molar-refractivity contribution in [3.05, 3.63) is 59.9 Å². The molecule has 0 bridgehead atoms. The third-order valence-corrected chi connectivity index (χ3v) is 2.83. The van der Waals surface area contributed by atoms with Crippen LogP contribution in [0.2, 0.25) is 0 Å². The van der Waals surface area contributed by atoms with Crippen LogP contribution in [-0.4, -0.2) is 24.2 Å². The van der Waals surface area contributed by atoms with Crippen molar-refractivity contribution >= 4 is 5.91 Å². The highest BCUT2D eigenvalue weighted by Gasteiger charge is 2.03. The third kappa shape index (κ3) is 5.14. The van der Waals surface area contributed by atoms with Gasteiger partial charge in [0.25, 0.3) is 5.91 Å². The van der Waals surface area contributed by atoms with Crippen LogP contribution in [0.25, 0.3) is 0 Å². The van der Waals surface area contributed by atoms with Gasteiger partial charge in [-0.15, -0.1) is 0 Å². The molecule has 0 atom stereocenters. The molecular formula is C16H16FNO3. The number of carbonyl (C=O) groups excluding carboxylic acids is 1. The average Bonchev–Trinajstić information content (AvgIpc) is 2.47. The zero-order valence-electron chi connectivity index (χ0n) is 11.4. The number of carbonyl (C=O) groups is 1. The number of hydrogen-bond donors (Lipinski definition) is 2. The van der Waals surface area contributed by atoms with Crippen LogP contribution in [0.15, 0.2) is 48.5 Å². The summed E-state index contributed by atoms with van der Waals surface area (Å²) in [5.41, 5.74) is 0.940. The van der Waals surface area contributed by atoms with Gasteiger partial charge < -0.3 is 15.2 Å². The average molecular weight is 289 g/mol. The summed E-state index contributed by atoms with van der Waals surface area (Å²) in [6, 6.07) is 12.4. The molecule has 0 radical (unpaired) electrons. The van der Waals surface area contributed by atoms with Crippen molar-refractivity contribution in [2.24, 2.45) is 0 Å². The van der Waals surface area contributed by atoms with Gasteiger partial charge in [-0.25, -0.2) is 4.39 Å². The van der Waals surface area contributed by atoms with E-state index < -0.39 is 0 Å². The summed E-state index contributed by atoms with van der Waals surface area (Å²) in [5, 5.41) is 12.0. The first kappa shape index (κ1) is 14.8. The maximum atomic E-state index is 12.7. The van der Waals surface area contributed by atoms with Gasteiger partial charge in [0.2, 0.25) is 0 Å². The van der Waals surface area contributed by atoms with E-state index in [1.54, 1.807) is 18.2 Å². The lowest BCUT2D eigenvalue weighted by Gasteiger charge is -2.07. The van der Waals surface area contributed by atoms with Crippen molar-refractivity contribution < 1.29 is 19.0 Å². The lowest BCUT2D eigenvalue weighted by atomic mass is 10.1. The van der Waals surface area contributed by atoms with Crippen molar-refractivity contribution in [3.63, 3.8) is 0 Å². The topological polar surface area (TPSA) is 58.6 Å². The Hall–Kier alpha value is -2.56. The molecule has 2 N–H and O–H groups in total. The summed E-state index contributed by atoms with van der Waals surface area (Å²) in [4.78, 5) is 11.6. The van der Waals surface area contributed by atoms with Crippen LogP contribution in [0.5, 0.6) is 11.5 Å². The summed E-state index contributed by atoms with van der Waals surface area (Å²) < 4.78 is 17.9. The second-order valence-corrected chi connectivity index (χ2v) is 4.51. The van der Waals surface area contributed by atoms with Crippen molar-refractivity contribution in [2.45, 2.75) is 6.42 Å². The number of nitrogens with one attached hydrogen (secondary N) is 1. The van der Waals surface area contributed by atoms with E-state index in [-0.39, 0.29) is 24.1 Å². The number of hydrogen-bond acceptors (Lipinski definition) is 3. The fraction of sp³-hybridized carbons (Fsp3) is 0.188. The van der Waals surface area contributed by atoms with Gasteiger partial charge in [0.15, 0.2) is 6.61 Å². The number of benzene rings is 2. The molecule has 2 aromatic carbocycles. The lowest BCUT2D eigenvalue weighted by Crippen LogP contribution is -2.30. The zero-order valence-corrected chi connectivity index (χ0v) is 11.4. The van der Waals surface area contributed by atoms with E-state index in [1.165, 1.54) is 24.3 Å². The summed E-state index contributed by atoms with van der Waals surface area (Å²) >= 11 is 0. The highest BCUT2D eigenvalue weighted by atomic mass is 19.1. The maximum absolute atomic E-state index is 12.7. The van der Waals surface area contributed by atoms with Gasteiger partial charge in [0.1, 0.15) is 17.3 Å². The van der Waals surface area contributed by atoms with Crippen molar-refractivity contribution in [3.8, 4) is 11.5 Å². The van der Waals surface area contributed by atoms with E-state index in [1.807, 2.05) is 6.07 Å². The molecule has 0 aliphatic heterocycles. The second kappa shape index (κ2) is 7.28. The number of phenolic OH excluding ortho intramolecular Hbond substituents is 1. The Kier molecular flexibility index (Phi) is 5.15. The van der Waals surface area contributed by atoms with Gasteiger partial charge in [0.05, 0.1) is 0 Å². The summed E-state index contributed by atoms with van der Waals surface area (Å²) in [6.45, 7) is 0.334. The molecule has 0 spiro atoms. The second-order valence-electron chi connectivity index (χ2n) is 4.51. The van der Waals surface area contributed by atoms with Crippen LogP contribution in [0.4, 0.5) is 4.39 Å². The van der Waals surface area contributed by atoms with Gasteiger partial charge in [-0.3, -0.25) is 4.79 Å². The molecule has 0 aliphatic carbocycles. The molecule has 2 rings (SSSR count). The zero-order chi connectivity index (χ0) is 15.1. The molecular weight excluding hydrogens is 273 g/mol. The van der Waals surface area contributed by atoms with Crippen LogP contribution in [0, 0.1) is 5.82 Å². The van der Waals surface area contributed by atoms with E-state index in [9.17, 15) is 14.3 Å². The van der Waals surface area contributed by atoms with Gasteiger partial charge >= 0.3 is 0 Å². The number of rotatable bonds is 6. The largest absolute Gasteiger partial charge is 0.508 e. The van der Waals surface area contributed by atoms with E-state index >= 15 is 0 Å². The molecule has 2 aromatic rings. The first-order chi connectivity index (χ1) is 10.1. The number of halogens is 1. The van der Waals surface area contributed by atoms with Crippen LogP contribution in [0.1, 0.15) is 5.56 Å². The Balaban J connectivity index is 1.69. The minimum atomic E-state index is -0.349. The predicted molar refractivity (Wildman–Crippen MR) is 76.7 cm³/mol. The molecule has 0 saturated carbocycles. The Morgan fingerprint density at radius 2 is 1.95 bits per heavy atom. The number of aromatic hydroxyl groups is 1. The third-order valence-electron chi connectivity index (χ3n) is 2.83. The Bertz CT molecular complexity index is 599. The van der Waals surface area contributed by atoms with Gasteiger partial charge in [-0.1, -0.05) is 12.1 Å². The molecule has 21 heavy (non-hydrogen) atoms. The molecule has 110 valence electrons. The summed E-state index contributed by atoms with van der Waals surface area (Å²) in [5.74, 6) is 0.0513. The smallest absolute Gasteiger partial charge is 0.257 e. The fourth-order valence-corrected chi connectivity index (χ4v) is 1.79. The first-order valence-corrected chi connectivity index (χ1v) is 6.56. The quantitative estimate of drug-likeness (QED) is 0.857. The molecule has 0 saturated heterocycles. The van der Waals surface area contributed by atoms with Crippen LogP contribution >= 0.6 is 0 Å². The Morgan fingerprint density at radius 3 is 2.67 bits per heavy atom. The molecule has 0 aliphatic rings. The number of phenols is 1. The Labute approximate surface area is 122 Å². The standard InChI is InChI=1S/C16H16FNO3/c17-13-4-6-15(7-5-13)21-11-16(20)18-9-8-12-2-1-3-14(19)10-12/h1-7,10,19H,8-9,11H2,(H,18,20). The fourth-order valence-electron chi connectivity index (χ4n) is 1.79. The SMILES string of the molecule is O=C(COc1ccc(F)cc1)NCCc1cccc(O)c1. The minimum absolute atomic E-state index is 0.119. The monoisotopic (exact) mass is 289 g/mol. The normalized spacial score (nSPS) is 10.1. The highest BCUT2D eigenvalue weighted by molar-refractivity contribution is 5.77. The van der Waals surface area contributed by atoms with Crippen molar-refractivity contribution in [1.29, 1.82) is 0 Å². The maximum Gasteiger partial charge on any atom is 0.257 e. The molecule has 5 heteroatoms. The van der Waals surface area contributed by atoms with Crippen molar-refractivity contribution in [2.75, 3.05) is 13.2 Å². The molecule has 1 amide bonds. The van der Waals surface area contributed by atoms with Gasteiger partial charge in [0, 0.05) is 6.54 Å². The summed E-state index contributed by atoms with van der Waals surface area (Å²) in [6.07, 6.45) is 0.622. The van der Waals surface area contributed by atoms with Crippen LogP contribution in [-0.2, 0) is 11.2 Å². The van der Waals surface area contributed by atoms with E-state index in [2.05, 4.69) is 5.32 Å². The van der Waals surface area contributed by atoms with E-state index in [0.717, 1.165) is 5.56 Å². The molecule has 0 heterocycles. The first-order valence-electron chi connectivity index (χ1n) is 6.56. The molecule has 0 unspecified atom stereocenters. The van der Waals surface area contributed by atoms with Gasteiger partial charge in [-0.2, -0.15) is 0 Å². The highest BCUT2D eigenvalue weighted by Crippen LogP contribution is 2.11. The molecule has 0 fully saturated rings. The van der Waals surface area contributed by atoms with E-state index in [4.69, 9.17) is 4.74 Å². The molecule has 4 nitrogen and oxygen atoms in total. The number of amides is 1. The molecule has 0 aromatic heterocycles. The van der Waals surface area contributed by atoms with Crippen LogP contribution in [0.3, 0.4) is 0 Å². The predicted octanol–water partition coefficient (Wildman–Crippen LogP) is 2.27. The minimum Gasteiger partial charge on any atom is -0.508 e.